The van der Waals surface area contributed by atoms with Crippen LogP contribution < -0.4 is 10.1 Å². The molecule has 0 aromatic heterocycles. The van der Waals surface area contributed by atoms with E-state index in [9.17, 15) is 9.59 Å². The molecule has 0 radical (unpaired) electrons. The first kappa shape index (κ1) is 17.5. The molecule has 0 aliphatic carbocycles. The van der Waals surface area contributed by atoms with Gasteiger partial charge in [0, 0.05) is 5.54 Å². The third-order valence-electron chi connectivity index (χ3n) is 2.90. The van der Waals surface area contributed by atoms with E-state index >= 15 is 0 Å². The van der Waals surface area contributed by atoms with Crippen molar-refractivity contribution in [1.82, 2.24) is 5.32 Å². The summed E-state index contributed by atoms with van der Waals surface area (Å²) in [6.07, 6.45) is 0. The Labute approximate surface area is 141 Å². The van der Waals surface area contributed by atoms with E-state index in [4.69, 9.17) is 9.47 Å². The number of ether oxygens (including phenoxy) is 2. The largest absolute Gasteiger partial charge is 0.457 e. The summed E-state index contributed by atoms with van der Waals surface area (Å²) in [5.41, 5.74) is -0.0422. The minimum absolute atomic E-state index is 0.320. The lowest BCUT2D eigenvalue weighted by atomic mass is 10.1. The number of nitrogens with one attached hydrogen (secondary N) is 1. The van der Waals surface area contributed by atoms with Crippen LogP contribution in [-0.2, 0) is 9.53 Å². The molecule has 0 aliphatic heterocycles. The van der Waals surface area contributed by atoms with Gasteiger partial charge in [-0.15, -0.1) is 0 Å². The van der Waals surface area contributed by atoms with Crippen LogP contribution in [0.2, 0.25) is 0 Å². The van der Waals surface area contributed by atoms with Crippen LogP contribution in [0, 0.1) is 0 Å². The highest BCUT2D eigenvalue weighted by Gasteiger charge is 2.16. The van der Waals surface area contributed by atoms with Crippen molar-refractivity contribution in [2.45, 2.75) is 26.3 Å². The first-order valence-corrected chi connectivity index (χ1v) is 7.64. The van der Waals surface area contributed by atoms with Crippen molar-refractivity contribution in [3.63, 3.8) is 0 Å². The van der Waals surface area contributed by atoms with E-state index in [1.807, 2.05) is 51.1 Å². The standard InChI is InChI=1S/C19H21NO4/c1-19(2,3)20-17(21)13-23-18(22)14-8-7-11-16(12-14)24-15-9-5-4-6-10-15/h4-12H,13H2,1-3H3,(H,20,21). The molecule has 0 saturated heterocycles. The average Bonchev–Trinajstić information content (AvgIpc) is 2.52. The van der Waals surface area contributed by atoms with E-state index in [0.717, 1.165) is 0 Å². The second-order valence-corrected chi connectivity index (χ2v) is 6.32. The maximum atomic E-state index is 12.1. The Balaban J connectivity index is 1.95. The van der Waals surface area contributed by atoms with Gasteiger partial charge in [0.25, 0.3) is 5.91 Å². The lowest BCUT2D eigenvalue weighted by Gasteiger charge is -2.20. The third kappa shape index (κ3) is 5.76. The predicted molar refractivity (Wildman–Crippen MR) is 91.1 cm³/mol. The smallest absolute Gasteiger partial charge is 0.338 e. The van der Waals surface area contributed by atoms with Gasteiger partial charge in [-0.05, 0) is 51.1 Å². The van der Waals surface area contributed by atoms with E-state index in [0.29, 0.717) is 17.1 Å². The molecular weight excluding hydrogens is 306 g/mol. The summed E-state index contributed by atoms with van der Waals surface area (Å²) < 4.78 is 10.7. The van der Waals surface area contributed by atoms with Gasteiger partial charge in [-0.1, -0.05) is 24.3 Å². The van der Waals surface area contributed by atoms with Crippen molar-refractivity contribution >= 4 is 11.9 Å². The molecular formula is C19H21NO4. The van der Waals surface area contributed by atoms with E-state index in [1.54, 1.807) is 24.3 Å². The number of para-hydroxylation sites is 1. The molecule has 0 atom stereocenters. The number of carbonyl (C=O) groups is 2. The Morgan fingerprint density at radius 3 is 2.29 bits per heavy atom. The second kappa shape index (κ2) is 7.64. The third-order valence-corrected chi connectivity index (χ3v) is 2.90. The number of benzene rings is 2. The highest BCUT2D eigenvalue weighted by atomic mass is 16.5. The highest BCUT2D eigenvalue weighted by Crippen LogP contribution is 2.22. The minimum atomic E-state index is -0.572. The Kier molecular flexibility index (Phi) is 5.58. The van der Waals surface area contributed by atoms with Crippen molar-refractivity contribution in [2.75, 3.05) is 6.61 Å². The molecule has 0 bridgehead atoms. The molecule has 0 aliphatic rings. The van der Waals surface area contributed by atoms with Crippen molar-refractivity contribution < 1.29 is 19.1 Å². The van der Waals surface area contributed by atoms with Crippen LogP contribution in [-0.4, -0.2) is 24.0 Å². The maximum absolute atomic E-state index is 12.1. The van der Waals surface area contributed by atoms with Crippen molar-refractivity contribution in [1.29, 1.82) is 0 Å². The summed E-state index contributed by atoms with van der Waals surface area (Å²) in [6.45, 7) is 5.26. The Bertz CT molecular complexity index is 705. The molecule has 5 heteroatoms. The molecule has 0 heterocycles. The summed E-state index contributed by atoms with van der Waals surface area (Å²) >= 11 is 0. The van der Waals surface area contributed by atoms with Gasteiger partial charge in [-0.2, -0.15) is 0 Å². The van der Waals surface area contributed by atoms with E-state index in [1.165, 1.54) is 0 Å². The van der Waals surface area contributed by atoms with Gasteiger partial charge in [0.1, 0.15) is 11.5 Å². The number of hydrogen-bond donors (Lipinski definition) is 1. The fourth-order valence-electron chi connectivity index (χ4n) is 1.98. The molecule has 2 rings (SSSR count). The molecule has 24 heavy (non-hydrogen) atoms. The Morgan fingerprint density at radius 2 is 1.62 bits per heavy atom. The molecule has 1 amide bonds. The Morgan fingerprint density at radius 1 is 0.958 bits per heavy atom. The van der Waals surface area contributed by atoms with Gasteiger partial charge in [0.2, 0.25) is 0 Å². The van der Waals surface area contributed by atoms with Crippen molar-refractivity contribution in [2.24, 2.45) is 0 Å². The Hall–Kier alpha value is -2.82. The first-order chi connectivity index (χ1) is 11.3. The molecule has 2 aromatic carbocycles. The first-order valence-electron chi connectivity index (χ1n) is 7.64. The predicted octanol–water partition coefficient (Wildman–Crippen LogP) is 3.55. The molecule has 1 N–H and O–H groups in total. The SMILES string of the molecule is CC(C)(C)NC(=O)COC(=O)c1cccc(Oc2ccccc2)c1. The van der Waals surface area contributed by atoms with Crippen molar-refractivity contribution in [3.8, 4) is 11.5 Å². The molecule has 0 fully saturated rings. The number of carbonyl (C=O) groups excluding carboxylic acids is 2. The monoisotopic (exact) mass is 327 g/mol. The van der Waals surface area contributed by atoms with E-state index in [-0.39, 0.29) is 18.1 Å². The fourth-order valence-corrected chi connectivity index (χ4v) is 1.98. The topological polar surface area (TPSA) is 64.6 Å². The fraction of sp³-hybridized carbons (Fsp3) is 0.263. The molecule has 2 aromatic rings. The van der Waals surface area contributed by atoms with Gasteiger partial charge in [0.15, 0.2) is 6.61 Å². The average molecular weight is 327 g/mol. The molecule has 0 unspecified atom stereocenters. The second-order valence-electron chi connectivity index (χ2n) is 6.32. The normalized spacial score (nSPS) is 10.8. The van der Waals surface area contributed by atoms with Crippen LogP contribution in [0.15, 0.2) is 54.6 Å². The van der Waals surface area contributed by atoms with Gasteiger partial charge < -0.3 is 14.8 Å². The van der Waals surface area contributed by atoms with Crippen LogP contribution in [0.4, 0.5) is 0 Å². The van der Waals surface area contributed by atoms with Gasteiger partial charge in [-0.25, -0.2) is 4.79 Å². The number of rotatable bonds is 5. The zero-order valence-electron chi connectivity index (χ0n) is 14.0. The van der Waals surface area contributed by atoms with Gasteiger partial charge in [0.05, 0.1) is 5.56 Å². The lowest BCUT2D eigenvalue weighted by Crippen LogP contribution is -2.42. The van der Waals surface area contributed by atoms with E-state index < -0.39 is 5.97 Å². The molecule has 0 saturated carbocycles. The highest BCUT2D eigenvalue weighted by molar-refractivity contribution is 5.91. The minimum Gasteiger partial charge on any atom is -0.457 e. The van der Waals surface area contributed by atoms with Crippen LogP contribution in [0.3, 0.4) is 0 Å². The number of esters is 1. The summed E-state index contributed by atoms with van der Waals surface area (Å²) in [7, 11) is 0. The quantitative estimate of drug-likeness (QED) is 0.853. The van der Waals surface area contributed by atoms with Crippen LogP contribution in [0.5, 0.6) is 11.5 Å². The van der Waals surface area contributed by atoms with Crippen LogP contribution >= 0.6 is 0 Å². The van der Waals surface area contributed by atoms with Crippen LogP contribution in [0.1, 0.15) is 31.1 Å². The van der Waals surface area contributed by atoms with Gasteiger partial charge in [-0.3, -0.25) is 4.79 Å². The summed E-state index contributed by atoms with van der Waals surface area (Å²) in [5, 5.41) is 2.73. The van der Waals surface area contributed by atoms with E-state index in [2.05, 4.69) is 5.32 Å². The molecule has 0 spiro atoms. The molecule has 126 valence electrons. The molecule has 5 nitrogen and oxygen atoms in total. The van der Waals surface area contributed by atoms with Crippen LogP contribution in [0.25, 0.3) is 0 Å². The van der Waals surface area contributed by atoms with Crippen molar-refractivity contribution in [3.05, 3.63) is 60.2 Å². The maximum Gasteiger partial charge on any atom is 0.338 e. The summed E-state index contributed by atoms with van der Waals surface area (Å²) in [6, 6.07) is 15.9. The summed E-state index contributed by atoms with van der Waals surface area (Å²) in [4.78, 5) is 23.8. The number of hydrogen-bond acceptors (Lipinski definition) is 4. The summed E-state index contributed by atoms with van der Waals surface area (Å²) in [5.74, 6) is 0.285. The number of amides is 1. The zero-order valence-corrected chi connectivity index (χ0v) is 14.0. The zero-order chi connectivity index (χ0) is 17.6. The van der Waals surface area contributed by atoms with Gasteiger partial charge >= 0.3 is 5.97 Å². The lowest BCUT2D eigenvalue weighted by molar-refractivity contribution is -0.125.